The summed E-state index contributed by atoms with van der Waals surface area (Å²) < 4.78 is 11.9. The molecule has 3 heteroatoms. The van der Waals surface area contributed by atoms with Crippen LogP contribution in [0.25, 0.3) is 0 Å². The Balaban J connectivity index is 2.33. The predicted octanol–water partition coefficient (Wildman–Crippen LogP) is 1.26. The van der Waals surface area contributed by atoms with Crippen LogP contribution in [0.15, 0.2) is 0 Å². The van der Waals surface area contributed by atoms with E-state index < -0.39 is 0 Å². The number of hydrogen-bond acceptors (Lipinski definition) is 1. The largest absolute Gasteiger partial charge is 0.356 e. The Morgan fingerprint density at radius 1 is 1.64 bits per heavy atom. The molecule has 0 aliphatic carbocycles. The van der Waals surface area contributed by atoms with Crippen molar-refractivity contribution < 1.29 is 9.18 Å². The van der Waals surface area contributed by atoms with E-state index in [1.54, 1.807) is 0 Å². The van der Waals surface area contributed by atoms with Gasteiger partial charge in [0.05, 0.1) is 6.67 Å². The normalized spacial score (nSPS) is 25.9. The first-order valence-corrected chi connectivity index (χ1v) is 4.15. The maximum atomic E-state index is 11.9. The summed E-state index contributed by atoms with van der Waals surface area (Å²) in [5.74, 6) is 0.364. The van der Waals surface area contributed by atoms with E-state index in [4.69, 9.17) is 0 Å². The molecule has 1 fully saturated rings. The summed E-state index contributed by atoms with van der Waals surface area (Å²) in [4.78, 5) is 10.9. The Morgan fingerprint density at radius 2 is 2.45 bits per heavy atom. The molecule has 1 aliphatic heterocycles. The van der Waals surface area contributed by atoms with E-state index in [9.17, 15) is 9.18 Å². The maximum absolute atomic E-state index is 11.9. The highest BCUT2D eigenvalue weighted by Crippen LogP contribution is 2.17. The molecule has 11 heavy (non-hydrogen) atoms. The minimum Gasteiger partial charge on any atom is -0.356 e. The van der Waals surface area contributed by atoms with E-state index in [0.29, 0.717) is 12.8 Å². The third kappa shape index (κ3) is 2.87. The van der Waals surface area contributed by atoms with Crippen molar-refractivity contribution in [1.29, 1.82) is 0 Å². The van der Waals surface area contributed by atoms with Crippen molar-refractivity contribution in [2.24, 2.45) is 5.92 Å². The van der Waals surface area contributed by atoms with E-state index in [2.05, 4.69) is 5.32 Å². The molecule has 0 spiro atoms. The number of carbonyl (C=O) groups is 1. The number of rotatable bonds is 2. The molecule has 0 aromatic heterocycles. The lowest BCUT2D eigenvalue weighted by molar-refractivity contribution is -0.121. The van der Waals surface area contributed by atoms with Gasteiger partial charge in [0.15, 0.2) is 0 Å². The molecule has 1 unspecified atom stereocenters. The van der Waals surface area contributed by atoms with Gasteiger partial charge < -0.3 is 5.32 Å². The van der Waals surface area contributed by atoms with Crippen molar-refractivity contribution in [3.63, 3.8) is 0 Å². The van der Waals surface area contributed by atoms with E-state index in [0.717, 1.165) is 19.4 Å². The number of halogens is 1. The summed E-state index contributed by atoms with van der Waals surface area (Å²) in [6.45, 7) is 0.472. The van der Waals surface area contributed by atoms with Gasteiger partial charge in [0.25, 0.3) is 0 Å². The molecule has 2 nitrogen and oxygen atoms in total. The summed E-state index contributed by atoms with van der Waals surface area (Å²) in [5.41, 5.74) is 0. The Morgan fingerprint density at radius 3 is 3.18 bits per heavy atom. The quantitative estimate of drug-likeness (QED) is 0.645. The van der Waals surface area contributed by atoms with Gasteiger partial charge in [-0.2, -0.15) is 0 Å². The van der Waals surface area contributed by atoms with Crippen LogP contribution >= 0.6 is 0 Å². The fourth-order valence-corrected chi connectivity index (χ4v) is 1.46. The highest BCUT2D eigenvalue weighted by Gasteiger charge is 2.16. The Kier molecular flexibility index (Phi) is 3.33. The third-order valence-electron chi connectivity index (χ3n) is 2.10. The molecule has 64 valence electrons. The summed E-state index contributed by atoms with van der Waals surface area (Å²) in [6.07, 6.45) is 3.05. The Hall–Kier alpha value is -0.600. The molecule has 0 bridgehead atoms. The van der Waals surface area contributed by atoms with E-state index >= 15 is 0 Å². The molecule has 1 aliphatic rings. The standard InChI is InChI=1S/C8H14FNO/c9-4-3-7-2-1-5-10-8(11)6-7/h7H,1-6H2,(H,10,11). The second-order valence-corrected chi connectivity index (χ2v) is 3.04. The zero-order valence-electron chi connectivity index (χ0n) is 6.61. The van der Waals surface area contributed by atoms with Crippen LogP contribution in [0.3, 0.4) is 0 Å². The minimum atomic E-state index is -0.294. The van der Waals surface area contributed by atoms with Crippen LogP contribution in [0.1, 0.15) is 25.7 Å². The van der Waals surface area contributed by atoms with Gasteiger partial charge in [-0.1, -0.05) is 0 Å². The first-order valence-electron chi connectivity index (χ1n) is 4.15. The second kappa shape index (κ2) is 4.31. The zero-order valence-corrected chi connectivity index (χ0v) is 6.61. The summed E-state index contributed by atoms with van der Waals surface area (Å²) in [5, 5.41) is 2.77. The van der Waals surface area contributed by atoms with Gasteiger partial charge in [0, 0.05) is 13.0 Å². The van der Waals surface area contributed by atoms with Gasteiger partial charge in [0.1, 0.15) is 0 Å². The van der Waals surface area contributed by atoms with Crippen LogP contribution < -0.4 is 5.32 Å². The highest BCUT2D eigenvalue weighted by atomic mass is 19.1. The SMILES string of the molecule is O=C1CC(CCF)CCCN1. The van der Waals surface area contributed by atoms with Crippen LogP contribution in [0, 0.1) is 5.92 Å². The van der Waals surface area contributed by atoms with Crippen molar-refractivity contribution in [3.05, 3.63) is 0 Å². The molecular weight excluding hydrogens is 145 g/mol. The molecular formula is C8H14FNO. The average molecular weight is 159 g/mol. The molecule has 1 amide bonds. The second-order valence-electron chi connectivity index (χ2n) is 3.04. The van der Waals surface area contributed by atoms with Crippen molar-refractivity contribution >= 4 is 5.91 Å². The molecule has 1 saturated heterocycles. The van der Waals surface area contributed by atoms with Crippen LogP contribution in [0.4, 0.5) is 4.39 Å². The fraction of sp³-hybridized carbons (Fsp3) is 0.875. The molecule has 1 atom stereocenters. The van der Waals surface area contributed by atoms with Crippen molar-refractivity contribution in [2.45, 2.75) is 25.7 Å². The number of carbonyl (C=O) groups excluding carboxylic acids is 1. The topological polar surface area (TPSA) is 29.1 Å². The number of nitrogens with one attached hydrogen (secondary N) is 1. The van der Waals surface area contributed by atoms with Crippen LogP contribution in [0.5, 0.6) is 0 Å². The molecule has 1 heterocycles. The molecule has 0 aromatic carbocycles. The third-order valence-corrected chi connectivity index (χ3v) is 2.10. The van der Waals surface area contributed by atoms with Gasteiger partial charge in [-0.25, -0.2) is 0 Å². The molecule has 0 saturated carbocycles. The van der Waals surface area contributed by atoms with Crippen LogP contribution in [-0.2, 0) is 4.79 Å². The van der Waals surface area contributed by atoms with Gasteiger partial charge in [-0.3, -0.25) is 9.18 Å². The van der Waals surface area contributed by atoms with E-state index in [1.165, 1.54) is 0 Å². The Bertz CT molecular complexity index is 138. The van der Waals surface area contributed by atoms with Gasteiger partial charge in [0.2, 0.25) is 5.91 Å². The van der Waals surface area contributed by atoms with Gasteiger partial charge in [-0.05, 0) is 25.2 Å². The summed E-state index contributed by atoms with van der Waals surface area (Å²) >= 11 is 0. The van der Waals surface area contributed by atoms with Crippen molar-refractivity contribution in [1.82, 2.24) is 5.32 Å². The number of hydrogen-bond donors (Lipinski definition) is 1. The number of alkyl halides is 1. The van der Waals surface area contributed by atoms with Crippen molar-refractivity contribution in [3.8, 4) is 0 Å². The Labute approximate surface area is 66.2 Å². The van der Waals surface area contributed by atoms with E-state index in [1.807, 2.05) is 0 Å². The smallest absolute Gasteiger partial charge is 0.220 e. The van der Waals surface area contributed by atoms with E-state index in [-0.39, 0.29) is 18.5 Å². The van der Waals surface area contributed by atoms with Crippen molar-refractivity contribution in [2.75, 3.05) is 13.2 Å². The van der Waals surface area contributed by atoms with Gasteiger partial charge >= 0.3 is 0 Å². The van der Waals surface area contributed by atoms with Crippen LogP contribution in [-0.4, -0.2) is 19.1 Å². The fourth-order valence-electron chi connectivity index (χ4n) is 1.46. The van der Waals surface area contributed by atoms with Crippen LogP contribution in [0.2, 0.25) is 0 Å². The highest BCUT2D eigenvalue weighted by molar-refractivity contribution is 5.76. The predicted molar refractivity (Wildman–Crippen MR) is 40.9 cm³/mol. The summed E-state index contributed by atoms with van der Waals surface area (Å²) in [6, 6.07) is 0. The molecule has 1 N–H and O–H groups in total. The first kappa shape index (κ1) is 8.50. The lowest BCUT2D eigenvalue weighted by Gasteiger charge is -2.08. The van der Waals surface area contributed by atoms with Gasteiger partial charge in [-0.15, -0.1) is 0 Å². The lowest BCUT2D eigenvalue weighted by atomic mass is 9.97. The average Bonchev–Trinajstić information content (AvgIpc) is 2.15. The first-order chi connectivity index (χ1) is 5.33. The lowest BCUT2D eigenvalue weighted by Crippen LogP contribution is -2.22. The molecule has 0 aromatic rings. The monoisotopic (exact) mass is 159 g/mol. The maximum Gasteiger partial charge on any atom is 0.220 e. The number of amides is 1. The molecule has 0 radical (unpaired) electrons. The zero-order chi connectivity index (χ0) is 8.10. The summed E-state index contributed by atoms with van der Waals surface area (Å²) in [7, 11) is 0. The minimum absolute atomic E-state index is 0.0842. The molecule has 1 rings (SSSR count).